The lowest BCUT2D eigenvalue weighted by atomic mass is 10.2. The Morgan fingerprint density at radius 3 is 2.45 bits per heavy atom. The lowest BCUT2D eigenvalue weighted by molar-refractivity contribution is 0.885. The highest BCUT2D eigenvalue weighted by Gasteiger charge is 2.16. The molecule has 0 unspecified atom stereocenters. The van der Waals surface area contributed by atoms with Crippen LogP contribution in [0.1, 0.15) is 16.7 Å². The zero-order valence-corrected chi connectivity index (χ0v) is 17.3. The van der Waals surface area contributed by atoms with Crippen LogP contribution in [0, 0.1) is 18.3 Å². The van der Waals surface area contributed by atoms with Gasteiger partial charge >= 0.3 is 0 Å². The SMILES string of the molecule is Cc1ccc(-n2c(SCc3ccc(C#N)cc3)nnc2-c2cccc(Cl)c2)cc1. The fourth-order valence-corrected chi connectivity index (χ4v) is 4.03. The van der Waals surface area contributed by atoms with E-state index in [4.69, 9.17) is 16.9 Å². The summed E-state index contributed by atoms with van der Waals surface area (Å²) in [6.07, 6.45) is 0. The van der Waals surface area contributed by atoms with Crippen LogP contribution in [0.5, 0.6) is 0 Å². The summed E-state index contributed by atoms with van der Waals surface area (Å²) in [6.45, 7) is 2.06. The van der Waals surface area contributed by atoms with Crippen LogP contribution in [0.2, 0.25) is 5.02 Å². The molecule has 0 aliphatic rings. The van der Waals surface area contributed by atoms with E-state index in [0.29, 0.717) is 10.6 Å². The number of hydrogen-bond donors (Lipinski definition) is 0. The maximum Gasteiger partial charge on any atom is 0.196 e. The second kappa shape index (κ2) is 8.52. The van der Waals surface area contributed by atoms with E-state index in [9.17, 15) is 0 Å². The highest BCUT2D eigenvalue weighted by Crippen LogP contribution is 2.30. The molecule has 0 aliphatic carbocycles. The lowest BCUT2D eigenvalue weighted by Gasteiger charge is -2.11. The zero-order chi connectivity index (χ0) is 20.2. The second-order valence-corrected chi connectivity index (χ2v) is 7.96. The highest BCUT2D eigenvalue weighted by molar-refractivity contribution is 7.98. The van der Waals surface area contributed by atoms with Gasteiger partial charge in [0, 0.05) is 22.0 Å². The molecule has 0 amide bonds. The first kappa shape index (κ1) is 19.3. The molecule has 3 aromatic carbocycles. The van der Waals surface area contributed by atoms with E-state index in [1.807, 2.05) is 48.5 Å². The molecule has 0 aliphatic heterocycles. The van der Waals surface area contributed by atoms with E-state index in [1.165, 1.54) is 5.56 Å². The summed E-state index contributed by atoms with van der Waals surface area (Å²) in [5.41, 5.74) is 4.88. The van der Waals surface area contributed by atoms with E-state index in [2.05, 4.69) is 52.0 Å². The Bertz CT molecular complexity index is 1170. The van der Waals surface area contributed by atoms with Gasteiger partial charge in [0.05, 0.1) is 11.6 Å². The molecule has 1 heterocycles. The molecule has 0 N–H and O–H groups in total. The van der Waals surface area contributed by atoms with Crippen molar-refractivity contribution in [2.75, 3.05) is 0 Å². The first-order valence-electron chi connectivity index (χ1n) is 9.04. The quantitative estimate of drug-likeness (QED) is 0.371. The van der Waals surface area contributed by atoms with Crippen LogP contribution in [0.25, 0.3) is 17.1 Å². The third kappa shape index (κ3) is 4.34. The van der Waals surface area contributed by atoms with Gasteiger partial charge in [-0.2, -0.15) is 5.26 Å². The fraction of sp³-hybridized carbons (Fsp3) is 0.0870. The van der Waals surface area contributed by atoms with Crippen molar-refractivity contribution in [3.05, 3.63) is 94.5 Å². The molecule has 4 aromatic rings. The van der Waals surface area contributed by atoms with Gasteiger partial charge in [0.2, 0.25) is 0 Å². The first-order chi connectivity index (χ1) is 14.1. The summed E-state index contributed by atoms with van der Waals surface area (Å²) in [4.78, 5) is 0. The average Bonchev–Trinajstić information content (AvgIpc) is 3.17. The summed E-state index contributed by atoms with van der Waals surface area (Å²) in [6, 6.07) is 25.7. The molecule has 0 bridgehead atoms. The Balaban J connectivity index is 1.71. The summed E-state index contributed by atoms with van der Waals surface area (Å²) in [5.74, 6) is 1.48. The van der Waals surface area contributed by atoms with Gasteiger partial charge in [0.1, 0.15) is 0 Å². The Morgan fingerprint density at radius 1 is 1.00 bits per heavy atom. The predicted molar refractivity (Wildman–Crippen MR) is 117 cm³/mol. The summed E-state index contributed by atoms with van der Waals surface area (Å²) < 4.78 is 2.05. The number of nitriles is 1. The molecule has 0 saturated carbocycles. The number of aromatic nitrogens is 3. The summed E-state index contributed by atoms with van der Waals surface area (Å²) >= 11 is 7.81. The smallest absolute Gasteiger partial charge is 0.196 e. The summed E-state index contributed by atoms with van der Waals surface area (Å²) in [5, 5.41) is 19.3. The molecular formula is C23H17ClN4S. The Labute approximate surface area is 178 Å². The number of rotatable bonds is 5. The van der Waals surface area contributed by atoms with Crippen molar-refractivity contribution in [1.29, 1.82) is 5.26 Å². The number of thioether (sulfide) groups is 1. The van der Waals surface area contributed by atoms with Crippen LogP contribution in [-0.4, -0.2) is 14.8 Å². The molecule has 0 radical (unpaired) electrons. The molecule has 0 saturated heterocycles. The fourth-order valence-electron chi connectivity index (χ4n) is 2.93. The van der Waals surface area contributed by atoms with Crippen molar-refractivity contribution in [1.82, 2.24) is 14.8 Å². The molecule has 4 nitrogen and oxygen atoms in total. The third-order valence-corrected chi connectivity index (χ3v) is 5.69. The molecule has 0 atom stereocenters. The molecule has 0 spiro atoms. The van der Waals surface area contributed by atoms with E-state index in [1.54, 1.807) is 11.8 Å². The molecule has 6 heteroatoms. The van der Waals surface area contributed by atoms with Gasteiger partial charge in [-0.1, -0.05) is 65.3 Å². The number of aryl methyl sites for hydroxylation is 1. The highest BCUT2D eigenvalue weighted by atomic mass is 35.5. The Kier molecular flexibility index (Phi) is 5.66. The largest absolute Gasteiger partial charge is 0.270 e. The average molecular weight is 417 g/mol. The van der Waals surface area contributed by atoms with E-state index in [-0.39, 0.29) is 0 Å². The standard InChI is InChI=1S/C23H17ClN4S/c1-16-5-11-21(12-6-16)28-22(19-3-2-4-20(24)13-19)26-27-23(28)29-15-18-9-7-17(14-25)8-10-18/h2-13H,15H2,1H3. The van der Waals surface area contributed by atoms with Crippen LogP contribution in [0.4, 0.5) is 0 Å². The van der Waals surface area contributed by atoms with Gasteiger partial charge in [-0.15, -0.1) is 10.2 Å². The maximum absolute atomic E-state index is 8.96. The number of halogens is 1. The van der Waals surface area contributed by atoms with Crippen LogP contribution in [-0.2, 0) is 5.75 Å². The molecule has 29 heavy (non-hydrogen) atoms. The second-order valence-electron chi connectivity index (χ2n) is 6.58. The minimum Gasteiger partial charge on any atom is -0.270 e. The van der Waals surface area contributed by atoms with Crippen LogP contribution in [0.3, 0.4) is 0 Å². The van der Waals surface area contributed by atoms with Gasteiger partial charge in [-0.3, -0.25) is 4.57 Å². The zero-order valence-electron chi connectivity index (χ0n) is 15.7. The summed E-state index contributed by atoms with van der Waals surface area (Å²) in [7, 11) is 0. The Hall–Kier alpha value is -3.07. The van der Waals surface area contributed by atoms with Gasteiger partial charge in [0.15, 0.2) is 11.0 Å². The van der Waals surface area contributed by atoms with Crippen LogP contribution in [0.15, 0.2) is 78.0 Å². The lowest BCUT2D eigenvalue weighted by Crippen LogP contribution is -2.00. The maximum atomic E-state index is 8.96. The molecule has 4 rings (SSSR count). The minimum absolute atomic E-state index is 0.657. The van der Waals surface area contributed by atoms with Gasteiger partial charge < -0.3 is 0 Å². The van der Waals surface area contributed by atoms with E-state index >= 15 is 0 Å². The van der Waals surface area contributed by atoms with Crippen LogP contribution >= 0.6 is 23.4 Å². The predicted octanol–water partition coefficient (Wildman–Crippen LogP) is 6.06. The van der Waals surface area contributed by atoms with Gasteiger partial charge in [-0.25, -0.2) is 0 Å². The number of nitrogens with zero attached hydrogens (tertiary/aromatic N) is 4. The van der Waals surface area contributed by atoms with Crippen molar-refractivity contribution in [3.63, 3.8) is 0 Å². The minimum atomic E-state index is 0.657. The van der Waals surface area contributed by atoms with Gasteiger partial charge in [-0.05, 0) is 48.9 Å². The van der Waals surface area contributed by atoms with Crippen molar-refractivity contribution in [2.45, 2.75) is 17.8 Å². The molecule has 0 fully saturated rings. The topological polar surface area (TPSA) is 54.5 Å². The van der Waals surface area contributed by atoms with E-state index < -0.39 is 0 Å². The van der Waals surface area contributed by atoms with Crippen LogP contribution < -0.4 is 0 Å². The van der Waals surface area contributed by atoms with Crippen molar-refractivity contribution in [3.8, 4) is 23.1 Å². The number of hydrogen-bond acceptors (Lipinski definition) is 4. The third-order valence-electron chi connectivity index (χ3n) is 4.46. The first-order valence-corrected chi connectivity index (χ1v) is 10.4. The van der Waals surface area contributed by atoms with Gasteiger partial charge in [0.25, 0.3) is 0 Å². The molecular weight excluding hydrogens is 400 g/mol. The normalized spacial score (nSPS) is 10.7. The Morgan fingerprint density at radius 2 is 1.76 bits per heavy atom. The van der Waals surface area contributed by atoms with Crippen molar-refractivity contribution in [2.24, 2.45) is 0 Å². The van der Waals surface area contributed by atoms with Crippen molar-refractivity contribution < 1.29 is 0 Å². The molecule has 142 valence electrons. The monoisotopic (exact) mass is 416 g/mol. The number of benzene rings is 3. The van der Waals surface area contributed by atoms with E-state index in [0.717, 1.165) is 33.5 Å². The van der Waals surface area contributed by atoms with Crippen molar-refractivity contribution >= 4 is 23.4 Å². The molecule has 1 aromatic heterocycles.